The van der Waals surface area contributed by atoms with Crippen LogP contribution in [0.2, 0.25) is 0 Å². The number of rotatable bonds is 7. The Kier molecular flexibility index (Phi) is 6.43. The number of nitrogens with zero attached hydrogens (tertiary/aromatic N) is 2. The number of aromatic nitrogens is 1. The maximum absolute atomic E-state index is 13.4. The van der Waals surface area contributed by atoms with Crippen molar-refractivity contribution in [2.45, 2.75) is 19.0 Å². The van der Waals surface area contributed by atoms with Crippen LogP contribution in [0.3, 0.4) is 0 Å². The summed E-state index contributed by atoms with van der Waals surface area (Å²) in [7, 11) is 4.46. The number of ether oxygens (including phenoxy) is 4. The average molecular weight is 503 g/mol. The van der Waals surface area contributed by atoms with Crippen molar-refractivity contribution in [1.29, 1.82) is 0 Å². The fourth-order valence-corrected chi connectivity index (χ4v) is 4.83. The molecule has 190 valence electrons. The number of hydrogen-bond donors (Lipinski definition) is 1. The molecule has 9 nitrogen and oxygen atoms in total. The van der Waals surface area contributed by atoms with Gasteiger partial charge in [0.25, 0.3) is 11.7 Å². The van der Waals surface area contributed by atoms with Crippen LogP contribution < -0.4 is 18.9 Å². The second kappa shape index (κ2) is 9.85. The van der Waals surface area contributed by atoms with Crippen LogP contribution in [0.1, 0.15) is 28.3 Å². The molecule has 1 saturated heterocycles. The molecule has 2 aliphatic rings. The molecule has 37 heavy (non-hydrogen) atoms. The normalized spacial score (nSPS) is 17.9. The number of likely N-dealkylation sites (tertiary alicyclic amines) is 1. The zero-order chi connectivity index (χ0) is 26.1. The number of carbonyl (C=O) groups excluding carboxylic acids is 2. The topological polar surface area (TPSA) is 107 Å². The number of hydrogen-bond acceptors (Lipinski definition) is 8. The summed E-state index contributed by atoms with van der Waals surface area (Å²) in [4.78, 5) is 32.3. The molecule has 1 unspecified atom stereocenters. The summed E-state index contributed by atoms with van der Waals surface area (Å²) in [5.74, 6) is 0.0642. The van der Waals surface area contributed by atoms with E-state index in [0.29, 0.717) is 41.4 Å². The van der Waals surface area contributed by atoms with Gasteiger partial charge < -0.3 is 29.0 Å². The maximum Gasteiger partial charge on any atom is 0.295 e. The second-order valence-corrected chi connectivity index (χ2v) is 8.67. The third-order valence-electron chi connectivity index (χ3n) is 6.58. The van der Waals surface area contributed by atoms with Crippen LogP contribution in [0.15, 0.2) is 60.4 Å². The average Bonchev–Trinajstić information content (AvgIpc) is 3.50. The van der Waals surface area contributed by atoms with Crippen molar-refractivity contribution in [1.82, 2.24) is 9.88 Å². The van der Waals surface area contributed by atoms with Gasteiger partial charge in [-0.2, -0.15) is 0 Å². The van der Waals surface area contributed by atoms with Crippen molar-refractivity contribution in [3.05, 3.63) is 82.7 Å². The van der Waals surface area contributed by atoms with Crippen LogP contribution in [0.4, 0.5) is 0 Å². The number of carbonyl (C=O) groups is 2. The van der Waals surface area contributed by atoms with Gasteiger partial charge in [-0.1, -0.05) is 6.07 Å². The van der Waals surface area contributed by atoms with E-state index in [1.54, 1.807) is 48.8 Å². The van der Waals surface area contributed by atoms with E-state index in [-0.39, 0.29) is 17.9 Å². The molecule has 1 fully saturated rings. The largest absolute Gasteiger partial charge is 0.507 e. The Labute approximate surface area is 213 Å². The number of fused-ring (bicyclic) bond motifs is 1. The molecule has 0 radical (unpaired) electrons. The van der Waals surface area contributed by atoms with Gasteiger partial charge in [0.05, 0.1) is 39.6 Å². The molecule has 2 aromatic carbocycles. The van der Waals surface area contributed by atoms with Gasteiger partial charge in [0.2, 0.25) is 5.75 Å². The van der Waals surface area contributed by atoms with Gasteiger partial charge in [-0.3, -0.25) is 14.6 Å². The number of benzene rings is 2. The number of pyridine rings is 1. The fourth-order valence-electron chi connectivity index (χ4n) is 4.83. The minimum atomic E-state index is -0.918. The van der Waals surface area contributed by atoms with Gasteiger partial charge >= 0.3 is 0 Å². The van der Waals surface area contributed by atoms with E-state index in [2.05, 4.69) is 4.98 Å². The molecule has 3 aromatic rings. The third-order valence-corrected chi connectivity index (χ3v) is 6.58. The highest BCUT2D eigenvalue weighted by atomic mass is 16.5. The lowest BCUT2D eigenvalue weighted by molar-refractivity contribution is -0.140. The van der Waals surface area contributed by atoms with E-state index in [0.717, 1.165) is 16.9 Å². The van der Waals surface area contributed by atoms with Crippen LogP contribution in [0.5, 0.6) is 23.0 Å². The zero-order valence-corrected chi connectivity index (χ0v) is 20.7. The molecule has 1 atom stereocenters. The van der Waals surface area contributed by atoms with Crippen molar-refractivity contribution in [2.75, 3.05) is 27.9 Å². The monoisotopic (exact) mass is 502 g/mol. The van der Waals surface area contributed by atoms with Gasteiger partial charge in [0.15, 0.2) is 11.5 Å². The molecular weight excluding hydrogens is 476 g/mol. The van der Waals surface area contributed by atoms with Crippen LogP contribution >= 0.6 is 0 Å². The summed E-state index contributed by atoms with van der Waals surface area (Å²) >= 11 is 0. The molecule has 0 spiro atoms. The summed E-state index contributed by atoms with van der Waals surface area (Å²) in [6.07, 6.45) is 3.96. The molecule has 1 amide bonds. The Morgan fingerprint density at radius 2 is 1.84 bits per heavy atom. The van der Waals surface area contributed by atoms with Crippen LogP contribution in [0, 0.1) is 0 Å². The van der Waals surface area contributed by atoms with E-state index < -0.39 is 17.7 Å². The predicted molar refractivity (Wildman–Crippen MR) is 134 cm³/mol. The Morgan fingerprint density at radius 3 is 2.49 bits per heavy atom. The third kappa shape index (κ3) is 4.22. The molecule has 0 bridgehead atoms. The Morgan fingerprint density at radius 1 is 1.08 bits per heavy atom. The first-order valence-corrected chi connectivity index (χ1v) is 11.7. The van der Waals surface area contributed by atoms with Crippen molar-refractivity contribution >= 4 is 17.4 Å². The quantitative estimate of drug-likeness (QED) is 0.296. The molecule has 1 aromatic heterocycles. The van der Waals surface area contributed by atoms with E-state index >= 15 is 0 Å². The smallest absolute Gasteiger partial charge is 0.295 e. The standard InChI is InChI=1S/C28H26N2O7/c1-34-21-12-19(13-22(35-2)27(21)36-3)24-23(25(31)18-6-7-20-17(11-18)8-10-37-20)26(32)28(33)30(24)15-16-5-4-9-29-14-16/h4-7,9,11-14,24,31H,8,10,15H2,1-3H3/b25-23+. The van der Waals surface area contributed by atoms with Gasteiger partial charge in [0.1, 0.15) is 11.5 Å². The lowest BCUT2D eigenvalue weighted by Crippen LogP contribution is -2.29. The van der Waals surface area contributed by atoms with E-state index in [4.69, 9.17) is 18.9 Å². The van der Waals surface area contributed by atoms with Crippen molar-refractivity contribution in [2.24, 2.45) is 0 Å². The lowest BCUT2D eigenvalue weighted by Gasteiger charge is -2.26. The number of ketones is 1. The van der Waals surface area contributed by atoms with Gasteiger partial charge in [-0.25, -0.2) is 0 Å². The first kappa shape index (κ1) is 24.2. The van der Waals surface area contributed by atoms with Gasteiger partial charge in [-0.15, -0.1) is 0 Å². The minimum Gasteiger partial charge on any atom is -0.507 e. The lowest BCUT2D eigenvalue weighted by atomic mass is 9.94. The predicted octanol–water partition coefficient (Wildman–Crippen LogP) is 3.66. The Bertz CT molecular complexity index is 1380. The second-order valence-electron chi connectivity index (χ2n) is 8.67. The molecule has 5 rings (SSSR count). The highest BCUT2D eigenvalue weighted by Gasteiger charge is 2.46. The van der Waals surface area contributed by atoms with E-state index in [1.165, 1.54) is 26.2 Å². The Hall–Kier alpha value is -4.53. The van der Waals surface area contributed by atoms with E-state index in [9.17, 15) is 14.7 Å². The SMILES string of the molecule is COc1cc(C2/C(=C(\O)c3ccc4c(c3)CCO4)C(=O)C(=O)N2Cc2cccnc2)cc(OC)c1OC. The number of amides is 1. The van der Waals surface area contributed by atoms with Gasteiger partial charge in [0, 0.05) is 30.9 Å². The van der Waals surface area contributed by atoms with Crippen molar-refractivity contribution < 1.29 is 33.6 Å². The number of Topliss-reactive ketones (excluding diaryl/α,β-unsaturated/α-hetero) is 1. The summed E-state index contributed by atoms with van der Waals surface area (Å²) in [5.41, 5.74) is 2.58. The maximum atomic E-state index is 13.4. The summed E-state index contributed by atoms with van der Waals surface area (Å²) in [6, 6.07) is 11.2. The fraction of sp³-hybridized carbons (Fsp3) is 0.250. The van der Waals surface area contributed by atoms with Crippen molar-refractivity contribution in [3.63, 3.8) is 0 Å². The molecule has 0 aliphatic carbocycles. The van der Waals surface area contributed by atoms with Crippen molar-refractivity contribution in [3.8, 4) is 23.0 Å². The first-order chi connectivity index (χ1) is 18.0. The van der Waals surface area contributed by atoms with Crippen LogP contribution in [-0.2, 0) is 22.6 Å². The molecule has 3 heterocycles. The molecular formula is C28H26N2O7. The number of aliphatic hydroxyl groups is 1. The van der Waals surface area contributed by atoms with Crippen LogP contribution in [0.25, 0.3) is 5.76 Å². The summed E-state index contributed by atoms with van der Waals surface area (Å²) < 4.78 is 22.1. The number of methoxy groups -OCH3 is 3. The highest BCUT2D eigenvalue weighted by molar-refractivity contribution is 6.46. The highest BCUT2D eigenvalue weighted by Crippen LogP contribution is 2.46. The first-order valence-electron chi connectivity index (χ1n) is 11.7. The zero-order valence-electron chi connectivity index (χ0n) is 20.7. The molecule has 9 heteroatoms. The summed E-state index contributed by atoms with van der Waals surface area (Å²) in [5, 5.41) is 11.4. The van der Waals surface area contributed by atoms with Crippen LogP contribution in [-0.4, -0.2) is 54.6 Å². The summed E-state index contributed by atoms with van der Waals surface area (Å²) in [6.45, 7) is 0.662. The minimum absolute atomic E-state index is 0.0259. The molecule has 2 aliphatic heterocycles. The number of aliphatic hydroxyl groups excluding tert-OH is 1. The van der Waals surface area contributed by atoms with E-state index in [1.807, 2.05) is 6.07 Å². The Balaban J connectivity index is 1.70. The van der Waals surface area contributed by atoms with Gasteiger partial charge in [-0.05, 0) is 53.1 Å². The molecule has 0 saturated carbocycles. The molecule has 1 N–H and O–H groups in total.